The summed E-state index contributed by atoms with van der Waals surface area (Å²) in [5, 5.41) is 12.1. The zero-order chi connectivity index (χ0) is 17.8. The van der Waals surface area contributed by atoms with E-state index in [1.54, 1.807) is 24.3 Å². The van der Waals surface area contributed by atoms with Crippen molar-refractivity contribution < 1.29 is 24.2 Å². The molecular weight excluding hydrogens is 322 g/mol. The van der Waals surface area contributed by atoms with Crippen molar-refractivity contribution in [2.45, 2.75) is 12.5 Å². The van der Waals surface area contributed by atoms with Gasteiger partial charge in [0.15, 0.2) is 6.04 Å². The number of amides is 1. The second-order valence-electron chi connectivity index (χ2n) is 5.87. The summed E-state index contributed by atoms with van der Waals surface area (Å²) in [5.41, 5.74) is 1.43. The molecule has 0 aromatic heterocycles. The van der Waals surface area contributed by atoms with Crippen LogP contribution < -0.4 is 14.8 Å². The number of carboxylic acid groups (broad SMARTS) is 1. The average Bonchev–Trinajstić information content (AvgIpc) is 2.65. The maximum Gasteiger partial charge on any atom is 0.330 e. The van der Waals surface area contributed by atoms with E-state index >= 15 is 0 Å². The molecule has 2 N–H and O–H groups in total. The lowest BCUT2D eigenvalue weighted by Gasteiger charge is -2.26. The van der Waals surface area contributed by atoms with Gasteiger partial charge in [-0.2, -0.15) is 0 Å². The molecule has 1 amide bonds. The van der Waals surface area contributed by atoms with Gasteiger partial charge in [0.25, 0.3) is 0 Å². The Bertz CT molecular complexity index is 772. The summed E-state index contributed by atoms with van der Waals surface area (Å²) < 4.78 is 10.7. The van der Waals surface area contributed by atoms with Crippen LogP contribution in [0.2, 0.25) is 0 Å². The predicted octanol–water partition coefficient (Wildman–Crippen LogP) is 2.19. The molecule has 6 heteroatoms. The Hall–Kier alpha value is -3.02. The number of carbonyl (C=O) groups is 2. The van der Waals surface area contributed by atoms with Gasteiger partial charge in [0.05, 0.1) is 13.0 Å². The van der Waals surface area contributed by atoms with Crippen LogP contribution in [0.5, 0.6) is 11.5 Å². The average molecular weight is 341 g/mol. The zero-order valence-electron chi connectivity index (χ0n) is 13.8. The molecule has 1 aliphatic rings. The van der Waals surface area contributed by atoms with Gasteiger partial charge >= 0.3 is 5.97 Å². The minimum absolute atomic E-state index is 0.234. The Balaban J connectivity index is 1.72. The summed E-state index contributed by atoms with van der Waals surface area (Å²) in [6, 6.07) is 13.0. The molecule has 0 spiro atoms. The molecule has 0 fully saturated rings. The highest BCUT2D eigenvalue weighted by Crippen LogP contribution is 2.27. The van der Waals surface area contributed by atoms with E-state index in [1.807, 2.05) is 24.3 Å². The number of hydrogen-bond donors (Lipinski definition) is 2. The van der Waals surface area contributed by atoms with Crippen LogP contribution in [0, 0.1) is 5.92 Å². The third-order valence-electron chi connectivity index (χ3n) is 4.23. The summed E-state index contributed by atoms with van der Waals surface area (Å²) >= 11 is 0. The van der Waals surface area contributed by atoms with E-state index in [-0.39, 0.29) is 12.5 Å². The molecule has 0 saturated carbocycles. The fraction of sp³-hybridized carbons (Fsp3) is 0.263. The first-order valence-corrected chi connectivity index (χ1v) is 7.96. The Kier molecular flexibility index (Phi) is 4.88. The van der Waals surface area contributed by atoms with Crippen LogP contribution in [0.1, 0.15) is 17.2 Å². The fourth-order valence-corrected chi connectivity index (χ4v) is 2.84. The number of carbonyl (C=O) groups excluding carboxylic acids is 1. The van der Waals surface area contributed by atoms with Crippen molar-refractivity contribution in [3.05, 3.63) is 59.7 Å². The highest BCUT2D eigenvalue weighted by molar-refractivity contribution is 5.86. The number of hydrogen-bond acceptors (Lipinski definition) is 4. The van der Waals surface area contributed by atoms with Gasteiger partial charge in [0.1, 0.15) is 18.1 Å². The molecule has 0 bridgehead atoms. The van der Waals surface area contributed by atoms with Crippen LogP contribution in [-0.2, 0) is 16.0 Å². The largest absolute Gasteiger partial charge is 0.497 e. The Morgan fingerprint density at radius 1 is 1.20 bits per heavy atom. The minimum Gasteiger partial charge on any atom is -0.497 e. The van der Waals surface area contributed by atoms with E-state index in [4.69, 9.17) is 9.47 Å². The highest BCUT2D eigenvalue weighted by Gasteiger charge is 2.30. The van der Waals surface area contributed by atoms with Crippen molar-refractivity contribution in [3.8, 4) is 11.5 Å². The Labute approximate surface area is 145 Å². The van der Waals surface area contributed by atoms with Gasteiger partial charge in [-0.1, -0.05) is 30.3 Å². The molecular formula is C19H19NO5. The van der Waals surface area contributed by atoms with Gasteiger partial charge in [-0.15, -0.1) is 0 Å². The van der Waals surface area contributed by atoms with Crippen LogP contribution in [0.15, 0.2) is 48.5 Å². The molecule has 6 nitrogen and oxygen atoms in total. The number of nitrogens with one attached hydrogen (secondary N) is 1. The first-order chi connectivity index (χ1) is 12.1. The van der Waals surface area contributed by atoms with Crippen molar-refractivity contribution in [1.82, 2.24) is 5.32 Å². The number of benzene rings is 2. The van der Waals surface area contributed by atoms with Crippen LogP contribution in [0.3, 0.4) is 0 Å². The SMILES string of the molecule is COc1ccc(C(NC(=O)C2COc3ccccc3C2)C(=O)O)cc1. The summed E-state index contributed by atoms with van der Waals surface area (Å²) in [7, 11) is 1.53. The third kappa shape index (κ3) is 3.74. The smallest absolute Gasteiger partial charge is 0.330 e. The molecule has 0 aliphatic carbocycles. The quantitative estimate of drug-likeness (QED) is 0.871. The van der Waals surface area contributed by atoms with Crippen molar-refractivity contribution in [1.29, 1.82) is 0 Å². The maximum atomic E-state index is 12.5. The molecule has 2 aromatic carbocycles. The van der Waals surface area contributed by atoms with Crippen LogP contribution >= 0.6 is 0 Å². The summed E-state index contributed by atoms with van der Waals surface area (Å²) in [6.07, 6.45) is 0.525. The van der Waals surface area contributed by atoms with Gasteiger partial charge < -0.3 is 19.9 Å². The van der Waals surface area contributed by atoms with Crippen molar-refractivity contribution >= 4 is 11.9 Å². The predicted molar refractivity (Wildman–Crippen MR) is 90.6 cm³/mol. The van der Waals surface area contributed by atoms with E-state index in [0.717, 1.165) is 11.3 Å². The lowest BCUT2D eigenvalue weighted by molar-refractivity contribution is -0.143. The first kappa shape index (κ1) is 16.8. The van der Waals surface area contributed by atoms with E-state index in [0.29, 0.717) is 17.7 Å². The zero-order valence-corrected chi connectivity index (χ0v) is 13.8. The number of carboxylic acids is 1. The Morgan fingerprint density at radius 3 is 2.60 bits per heavy atom. The molecule has 0 radical (unpaired) electrons. The molecule has 3 rings (SSSR count). The summed E-state index contributed by atoms with van der Waals surface area (Å²) in [4.78, 5) is 24.1. The lowest BCUT2D eigenvalue weighted by atomic mass is 9.95. The molecule has 1 heterocycles. The standard InChI is InChI=1S/C19H19NO5/c1-24-15-8-6-12(7-9-15)17(19(22)23)20-18(21)14-10-13-4-2-3-5-16(13)25-11-14/h2-9,14,17H,10-11H2,1H3,(H,20,21)(H,22,23). The number of aliphatic carboxylic acids is 1. The maximum absolute atomic E-state index is 12.5. The number of para-hydroxylation sites is 1. The second-order valence-corrected chi connectivity index (χ2v) is 5.87. The number of rotatable bonds is 5. The third-order valence-corrected chi connectivity index (χ3v) is 4.23. The fourth-order valence-electron chi connectivity index (χ4n) is 2.84. The van der Waals surface area contributed by atoms with Crippen molar-refractivity contribution in [3.63, 3.8) is 0 Å². The number of methoxy groups -OCH3 is 1. The number of fused-ring (bicyclic) bond motifs is 1. The van der Waals surface area contributed by atoms with E-state index < -0.39 is 17.9 Å². The van der Waals surface area contributed by atoms with Crippen molar-refractivity contribution in [2.24, 2.45) is 5.92 Å². The molecule has 2 unspecified atom stereocenters. The second kappa shape index (κ2) is 7.25. The Morgan fingerprint density at radius 2 is 1.92 bits per heavy atom. The summed E-state index contributed by atoms with van der Waals surface area (Å²) in [6.45, 7) is 0.234. The molecule has 2 aromatic rings. The van der Waals surface area contributed by atoms with Gasteiger partial charge in [-0.25, -0.2) is 4.79 Å². The molecule has 130 valence electrons. The van der Waals surface area contributed by atoms with Crippen LogP contribution in [0.4, 0.5) is 0 Å². The normalized spacial score (nSPS) is 16.9. The van der Waals surface area contributed by atoms with Gasteiger partial charge in [-0.3, -0.25) is 4.79 Å². The van der Waals surface area contributed by atoms with Crippen molar-refractivity contribution in [2.75, 3.05) is 13.7 Å². The van der Waals surface area contributed by atoms with Crippen LogP contribution in [0.25, 0.3) is 0 Å². The molecule has 25 heavy (non-hydrogen) atoms. The van der Waals surface area contributed by atoms with Crippen LogP contribution in [-0.4, -0.2) is 30.7 Å². The highest BCUT2D eigenvalue weighted by atomic mass is 16.5. The minimum atomic E-state index is -1.12. The monoisotopic (exact) mass is 341 g/mol. The summed E-state index contributed by atoms with van der Waals surface area (Å²) in [5.74, 6) is -0.476. The molecule has 0 saturated heterocycles. The number of ether oxygens (including phenoxy) is 2. The molecule has 2 atom stereocenters. The molecule has 1 aliphatic heterocycles. The van der Waals surface area contributed by atoms with Gasteiger partial charge in [-0.05, 0) is 35.7 Å². The van der Waals surface area contributed by atoms with E-state index in [1.165, 1.54) is 7.11 Å². The van der Waals surface area contributed by atoms with Gasteiger partial charge in [0.2, 0.25) is 5.91 Å². The lowest BCUT2D eigenvalue weighted by Crippen LogP contribution is -2.41. The first-order valence-electron chi connectivity index (χ1n) is 7.96. The van der Waals surface area contributed by atoms with Gasteiger partial charge in [0, 0.05) is 0 Å². The van der Waals surface area contributed by atoms with E-state index in [2.05, 4.69) is 5.32 Å². The topological polar surface area (TPSA) is 84.9 Å². The van der Waals surface area contributed by atoms with E-state index in [9.17, 15) is 14.7 Å².